The Balaban J connectivity index is 1.51. The number of hydrogen-bond acceptors (Lipinski definition) is 8. The van der Waals surface area contributed by atoms with Gasteiger partial charge in [0.05, 0.1) is 28.9 Å². The standard InChI is InChI=1S/C18H15N5O6S/c1-10-14(5-6-29-10)17(26)20-18-19-12(9-30-18)8-15(24)21-22-16(25)11-3-2-4-13(7-11)23(27)28/h2-7,9H,8H2,1H3,(H,21,24)(H,22,25)(H,19,20,26). The van der Waals surface area contributed by atoms with Crippen LogP contribution in [0.25, 0.3) is 0 Å². The number of nitro groups is 1. The molecule has 0 aliphatic rings. The maximum absolute atomic E-state index is 12.1. The van der Waals surface area contributed by atoms with E-state index in [0.29, 0.717) is 22.1 Å². The molecule has 0 spiro atoms. The molecule has 0 unspecified atom stereocenters. The first-order valence-electron chi connectivity index (χ1n) is 8.47. The molecule has 0 radical (unpaired) electrons. The summed E-state index contributed by atoms with van der Waals surface area (Å²) in [6.45, 7) is 1.66. The van der Waals surface area contributed by atoms with Crippen LogP contribution in [0.4, 0.5) is 10.8 Å². The van der Waals surface area contributed by atoms with Crippen LogP contribution in [-0.4, -0.2) is 27.6 Å². The third-order valence-corrected chi connectivity index (χ3v) is 4.66. The van der Waals surface area contributed by atoms with E-state index >= 15 is 0 Å². The SMILES string of the molecule is Cc1occc1C(=O)Nc1nc(CC(=O)NNC(=O)c2cccc([N+](=O)[O-])c2)cs1. The Hall–Kier alpha value is -4.06. The summed E-state index contributed by atoms with van der Waals surface area (Å²) >= 11 is 1.14. The van der Waals surface area contributed by atoms with Gasteiger partial charge in [-0.25, -0.2) is 4.98 Å². The summed E-state index contributed by atoms with van der Waals surface area (Å²) in [7, 11) is 0. The molecule has 3 amide bonds. The number of nitro benzene ring substituents is 1. The zero-order valence-electron chi connectivity index (χ0n) is 15.5. The van der Waals surface area contributed by atoms with Crippen LogP contribution in [0.1, 0.15) is 32.2 Å². The lowest BCUT2D eigenvalue weighted by Gasteiger charge is -2.06. The number of benzene rings is 1. The lowest BCUT2D eigenvalue weighted by atomic mass is 10.2. The number of nitrogens with one attached hydrogen (secondary N) is 3. The summed E-state index contributed by atoms with van der Waals surface area (Å²) in [6.07, 6.45) is 1.26. The highest BCUT2D eigenvalue weighted by Crippen LogP contribution is 2.18. The smallest absolute Gasteiger partial charge is 0.270 e. The van der Waals surface area contributed by atoms with Gasteiger partial charge in [0.15, 0.2) is 5.13 Å². The van der Waals surface area contributed by atoms with Crippen molar-refractivity contribution < 1.29 is 23.7 Å². The highest BCUT2D eigenvalue weighted by Gasteiger charge is 2.15. The number of rotatable bonds is 6. The molecular weight excluding hydrogens is 414 g/mol. The first-order chi connectivity index (χ1) is 14.3. The minimum atomic E-state index is -0.700. The average molecular weight is 429 g/mol. The van der Waals surface area contributed by atoms with Crippen molar-refractivity contribution >= 4 is 39.9 Å². The van der Waals surface area contributed by atoms with Crippen LogP contribution in [-0.2, 0) is 11.2 Å². The van der Waals surface area contributed by atoms with Gasteiger partial charge in [0, 0.05) is 23.1 Å². The number of carbonyl (C=O) groups is 3. The first kappa shape index (κ1) is 20.7. The highest BCUT2D eigenvalue weighted by atomic mass is 32.1. The molecule has 0 aliphatic heterocycles. The van der Waals surface area contributed by atoms with Crippen LogP contribution >= 0.6 is 11.3 Å². The Bertz CT molecular complexity index is 1120. The molecule has 3 N–H and O–H groups in total. The molecule has 0 bridgehead atoms. The second-order valence-electron chi connectivity index (χ2n) is 5.98. The minimum absolute atomic E-state index is 0.0256. The molecule has 1 aromatic carbocycles. The van der Waals surface area contributed by atoms with E-state index in [1.54, 1.807) is 12.3 Å². The second kappa shape index (κ2) is 8.96. The lowest BCUT2D eigenvalue weighted by molar-refractivity contribution is -0.384. The number of hydrazine groups is 1. The number of thiazole rings is 1. The van der Waals surface area contributed by atoms with E-state index in [9.17, 15) is 24.5 Å². The van der Waals surface area contributed by atoms with Gasteiger partial charge in [0.2, 0.25) is 5.91 Å². The number of aryl methyl sites for hydroxylation is 1. The van der Waals surface area contributed by atoms with Gasteiger partial charge >= 0.3 is 0 Å². The number of non-ortho nitro benzene ring substituents is 1. The van der Waals surface area contributed by atoms with Crippen molar-refractivity contribution in [2.45, 2.75) is 13.3 Å². The molecule has 2 heterocycles. The van der Waals surface area contributed by atoms with Crippen LogP contribution in [0.3, 0.4) is 0 Å². The predicted octanol–water partition coefficient (Wildman–Crippen LogP) is 2.21. The third-order valence-electron chi connectivity index (χ3n) is 3.85. The first-order valence-corrected chi connectivity index (χ1v) is 9.35. The number of carbonyl (C=O) groups excluding carboxylic acids is 3. The van der Waals surface area contributed by atoms with Gasteiger partial charge < -0.3 is 4.42 Å². The van der Waals surface area contributed by atoms with Crippen LogP contribution in [0.5, 0.6) is 0 Å². The maximum atomic E-state index is 12.1. The Labute approximate surface area is 173 Å². The van der Waals surface area contributed by atoms with Crippen molar-refractivity contribution in [3.63, 3.8) is 0 Å². The maximum Gasteiger partial charge on any atom is 0.270 e. The third kappa shape index (κ3) is 5.05. The molecule has 2 aromatic heterocycles. The number of anilines is 1. The fourth-order valence-electron chi connectivity index (χ4n) is 2.40. The fourth-order valence-corrected chi connectivity index (χ4v) is 3.10. The summed E-state index contributed by atoms with van der Waals surface area (Å²) < 4.78 is 5.08. The zero-order chi connectivity index (χ0) is 21.7. The summed E-state index contributed by atoms with van der Waals surface area (Å²) in [5.41, 5.74) is 4.96. The van der Waals surface area contributed by atoms with Gasteiger partial charge in [-0.15, -0.1) is 11.3 Å². The largest absolute Gasteiger partial charge is 0.469 e. The lowest BCUT2D eigenvalue weighted by Crippen LogP contribution is -2.42. The molecule has 0 saturated heterocycles. The van der Waals surface area contributed by atoms with Crippen LogP contribution < -0.4 is 16.2 Å². The van der Waals surface area contributed by atoms with Crippen molar-refractivity contribution in [1.29, 1.82) is 0 Å². The van der Waals surface area contributed by atoms with E-state index in [2.05, 4.69) is 21.2 Å². The molecule has 30 heavy (non-hydrogen) atoms. The van der Waals surface area contributed by atoms with Crippen molar-refractivity contribution in [1.82, 2.24) is 15.8 Å². The molecule has 0 fully saturated rings. The van der Waals surface area contributed by atoms with E-state index in [0.717, 1.165) is 17.4 Å². The summed E-state index contributed by atoms with van der Waals surface area (Å²) in [5, 5.41) is 15.3. The monoisotopic (exact) mass is 429 g/mol. The van der Waals surface area contributed by atoms with Crippen LogP contribution in [0.15, 0.2) is 46.4 Å². The topological polar surface area (TPSA) is 156 Å². The highest BCUT2D eigenvalue weighted by molar-refractivity contribution is 7.14. The van der Waals surface area contributed by atoms with E-state index in [4.69, 9.17) is 4.42 Å². The quantitative estimate of drug-likeness (QED) is 0.400. The average Bonchev–Trinajstić information content (AvgIpc) is 3.34. The van der Waals surface area contributed by atoms with Crippen LogP contribution in [0, 0.1) is 17.0 Å². The van der Waals surface area contributed by atoms with Gasteiger partial charge in [-0.2, -0.15) is 0 Å². The Morgan fingerprint density at radius 3 is 2.70 bits per heavy atom. The molecule has 0 aliphatic carbocycles. The molecule has 154 valence electrons. The number of hydrogen-bond donors (Lipinski definition) is 3. The number of furan rings is 1. The van der Waals surface area contributed by atoms with Gasteiger partial charge in [-0.3, -0.25) is 40.7 Å². The summed E-state index contributed by atoms with van der Waals surface area (Å²) in [6, 6.07) is 6.63. The normalized spacial score (nSPS) is 10.3. The molecular formula is C18H15N5O6S. The molecule has 11 nitrogen and oxygen atoms in total. The van der Waals surface area contributed by atoms with Crippen molar-refractivity contribution in [2.24, 2.45) is 0 Å². The summed E-state index contributed by atoms with van der Waals surface area (Å²) in [4.78, 5) is 50.5. The predicted molar refractivity (Wildman–Crippen MR) is 106 cm³/mol. The Kier molecular flexibility index (Phi) is 6.17. The molecule has 3 rings (SSSR count). The number of amides is 3. The molecule has 0 saturated carbocycles. The zero-order valence-corrected chi connectivity index (χ0v) is 16.3. The van der Waals surface area contributed by atoms with E-state index in [1.807, 2.05) is 0 Å². The summed E-state index contributed by atoms with van der Waals surface area (Å²) in [5.74, 6) is -1.16. The van der Waals surface area contributed by atoms with Crippen molar-refractivity contribution in [3.8, 4) is 0 Å². The number of nitrogens with zero attached hydrogens (tertiary/aromatic N) is 2. The van der Waals surface area contributed by atoms with Gasteiger partial charge in [-0.1, -0.05) is 6.07 Å². The second-order valence-corrected chi connectivity index (χ2v) is 6.83. The van der Waals surface area contributed by atoms with Crippen molar-refractivity contribution in [2.75, 3.05) is 5.32 Å². The molecule has 12 heteroatoms. The Morgan fingerprint density at radius 1 is 1.20 bits per heavy atom. The van der Waals surface area contributed by atoms with E-state index in [-0.39, 0.29) is 23.6 Å². The fraction of sp³-hybridized carbons (Fsp3) is 0.111. The van der Waals surface area contributed by atoms with Gasteiger partial charge in [0.1, 0.15) is 5.76 Å². The minimum Gasteiger partial charge on any atom is -0.469 e. The van der Waals surface area contributed by atoms with Gasteiger partial charge in [0.25, 0.3) is 17.5 Å². The molecule has 0 atom stereocenters. The number of aromatic nitrogens is 1. The van der Waals surface area contributed by atoms with Crippen molar-refractivity contribution in [3.05, 3.63) is 74.7 Å². The Morgan fingerprint density at radius 2 is 2.00 bits per heavy atom. The van der Waals surface area contributed by atoms with Crippen LogP contribution in [0.2, 0.25) is 0 Å². The molecule has 3 aromatic rings. The van der Waals surface area contributed by atoms with Gasteiger partial charge in [-0.05, 0) is 19.1 Å². The van der Waals surface area contributed by atoms with E-state index in [1.165, 1.54) is 30.5 Å². The van der Waals surface area contributed by atoms with E-state index < -0.39 is 16.7 Å².